The fraction of sp³-hybridized carbons (Fsp3) is 0.462. The summed E-state index contributed by atoms with van der Waals surface area (Å²) in [7, 11) is 0. The van der Waals surface area contributed by atoms with Crippen LogP contribution in [0.4, 0.5) is 0 Å². The first-order chi connectivity index (χ1) is 9.15. The van der Waals surface area contributed by atoms with Crippen molar-refractivity contribution in [1.29, 1.82) is 0 Å². The Morgan fingerprint density at radius 3 is 2.84 bits per heavy atom. The molecule has 1 heterocycles. The Hall–Kier alpha value is -1.30. The number of aliphatic hydroxyl groups is 1. The van der Waals surface area contributed by atoms with Gasteiger partial charge in [-0.15, -0.1) is 0 Å². The van der Waals surface area contributed by atoms with Crippen molar-refractivity contribution in [3.8, 4) is 5.75 Å². The van der Waals surface area contributed by atoms with Crippen LogP contribution in [0.1, 0.15) is 6.42 Å². The molecule has 1 aromatic carbocycles. The Kier molecular flexibility index (Phi) is 5.01. The number of β-amino-alcohol motifs (C(OH)–C–C–N with tert-alkyl or cyclic N) is 1. The van der Waals surface area contributed by atoms with Crippen LogP contribution in [0.25, 0.3) is 0 Å². The van der Waals surface area contributed by atoms with Gasteiger partial charge >= 0.3 is 0 Å². The molecule has 5 nitrogen and oxygen atoms in total. The second kappa shape index (κ2) is 6.75. The van der Waals surface area contributed by atoms with Gasteiger partial charge in [-0.05, 0) is 30.7 Å². The largest absolute Gasteiger partial charge is 0.492 e. The summed E-state index contributed by atoms with van der Waals surface area (Å²) in [6.45, 7) is 1.29. The van der Waals surface area contributed by atoms with Crippen LogP contribution in [0.5, 0.6) is 5.75 Å². The molecule has 1 saturated heterocycles. The van der Waals surface area contributed by atoms with Crippen LogP contribution >= 0.6 is 11.6 Å². The zero-order valence-electron chi connectivity index (χ0n) is 10.4. The lowest BCUT2D eigenvalue weighted by atomic mass is 10.2. The third-order valence-corrected chi connectivity index (χ3v) is 3.16. The van der Waals surface area contributed by atoms with Crippen LogP contribution < -0.4 is 15.4 Å². The van der Waals surface area contributed by atoms with Gasteiger partial charge in [-0.3, -0.25) is 4.79 Å². The number of halogens is 1. The van der Waals surface area contributed by atoms with Gasteiger partial charge in [0.05, 0.1) is 18.7 Å². The summed E-state index contributed by atoms with van der Waals surface area (Å²) in [4.78, 5) is 11.7. The molecule has 0 radical (unpaired) electrons. The molecule has 1 fully saturated rings. The number of ether oxygens (including phenoxy) is 1. The van der Waals surface area contributed by atoms with Gasteiger partial charge in [-0.2, -0.15) is 0 Å². The quantitative estimate of drug-likeness (QED) is 0.691. The maximum Gasteiger partial charge on any atom is 0.237 e. The monoisotopic (exact) mass is 284 g/mol. The van der Waals surface area contributed by atoms with Crippen molar-refractivity contribution in [3.05, 3.63) is 29.3 Å². The van der Waals surface area contributed by atoms with Gasteiger partial charge in [0.25, 0.3) is 0 Å². The highest BCUT2D eigenvalue weighted by atomic mass is 35.5. The molecule has 0 bridgehead atoms. The van der Waals surface area contributed by atoms with Gasteiger partial charge in [0.15, 0.2) is 0 Å². The first-order valence-corrected chi connectivity index (χ1v) is 6.60. The van der Waals surface area contributed by atoms with Gasteiger partial charge in [-0.25, -0.2) is 0 Å². The van der Waals surface area contributed by atoms with Crippen LogP contribution in [-0.4, -0.2) is 42.9 Å². The molecule has 0 spiro atoms. The number of aliphatic hydroxyl groups excluding tert-OH is 1. The second-order valence-corrected chi connectivity index (χ2v) is 4.88. The first kappa shape index (κ1) is 14.1. The Balaban J connectivity index is 1.64. The molecule has 2 atom stereocenters. The molecule has 1 aliphatic rings. The smallest absolute Gasteiger partial charge is 0.237 e. The lowest BCUT2D eigenvalue weighted by Crippen LogP contribution is -2.41. The molecular weight excluding hydrogens is 268 g/mol. The highest BCUT2D eigenvalue weighted by molar-refractivity contribution is 6.30. The van der Waals surface area contributed by atoms with Gasteiger partial charge in [0, 0.05) is 11.6 Å². The predicted molar refractivity (Wildman–Crippen MR) is 72.4 cm³/mol. The molecule has 6 heteroatoms. The Labute approximate surface area is 116 Å². The van der Waals surface area contributed by atoms with E-state index in [1.54, 1.807) is 24.3 Å². The van der Waals surface area contributed by atoms with Gasteiger partial charge in [-0.1, -0.05) is 11.6 Å². The molecule has 0 aliphatic carbocycles. The van der Waals surface area contributed by atoms with E-state index in [0.717, 1.165) is 0 Å². The number of carbonyl (C=O) groups excluding carboxylic acids is 1. The van der Waals surface area contributed by atoms with E-state index in [2.05, 4.69) is 10.6 Å². The van der Waals surface area contributed by atoms with Crippen LogP contribution in [0.15, 0.2) is 24.3 Å². The summed E-state index contributed by atoms with van der Waals surface area (Å²) < 4.78 is 5.45. The highest BCUT2D eigenvalue weighted by Crippen LogP contribution is 2.15. The molecule has 1 aromatic rings. The van der Waals surface area contributed by atoms with Crippen LogP contribution in [0.2, 0.25) is 5.02 Å². The third kappa shape index (κ3) is 4.38. The van der Waals surface area contributed by atoms with E-state index >= 15 is 0 Å². The summed E-state index contributed by atoms with van der Waals surface area (Å²) in [5.41, 5.74) is 0. The maximum atomic E-state index is 11.7. The van der Waals surface area contributed by atoms with Gasteiger partial charge < -0.3 is 20.5 Å². The summed E-state index contributed by atoms with van der Waals surface area (Å²) in [6, 6.07) is 6.75. The number of hydrogen-bond donors (Lipinski definition) is 3. The zero-order valence-corrected chi connectivity index (χ0v) is 11.2. The molecule has 0 unspecified atom stereocenters. The number of amides is 1. The highest BCUT2D eigenvalue weighted by Gasteiger charge is 2.27. The van der Waals surface area contributed by atoms with Gasteiger partial charge in [0.2, 0.25) is 5.91 Å². The second-order valence-electron chi connectivity index (χ2n) is 4.44. The maximum absolute atomic E-state index is 11.7. The van der Waals surface area contributed by atoms with E-state index < -0.39 is 6.10 Å². The zero-order chi connectivity index (χ0) is 13.7. The van der Waals surface area contributed by atoms with Crippen molar-refractivity contribution in [2.24, 2.45) is 0 Å². The molecule has 1 aliphatic heterocycles. The van der Waals surface area contributed by atoms with Crippen molar-refractivity contribution in [3.63, 3.8) is 0 Å². The molecule has 2 rings (SSSR count). The van der Waals surface area contributed by atoms with Crippen molar-refractivity contribution in [2.75, 3.05) is 19.7 Å². The van der Waals surface area contributed by atoms with Crippen LogP contribution in [0.3, 0.4) is 0 Å². The number of rotatable bonds is 5. The number of nitrogens with one attached hydrogen (secondary N) is 2. The lowest BCUT2D eigenvalue weighted by molar-refractivity contribution is -0.123. The third-order valence-electron chi connectivity index (χ3n) is 2.91. The van der Waals surface area contributed by atoms with E-state index in [1.807, 2.05) is 0 Å². The lowest BCUT2D eigenvalue weighted by Gasteiger charge is -2.11. The Morgan fingerprint density at radius 2 is 2.21 bits per heavy atom. The minimum atomic E-state index is -0.430. The normalized spacial score (nSPS) is 22.2. The fourth-order valence-electron chi connectivity index (χ4n) is 1.91. The first-order valence-electron chi connectivity index (χ1n) is 6.22. The summed E-state index contributed by atoms with van der Waals surface area (Å²) in [5, 5.41) is 15.7. The van der Waals surface area contributed by atoms with Crippen molar-refractivity contribution >= 4 is 17.5 Å². The van der Waals surface area contributed by atoms with Crippen LogP contribution in [-0.2, 0) is 4.79 Å². The van der Waals surface area contributed by atoms with Crippen molar-refractivity contribution < 1.29 is 14.6 Å². The van der Waals surface area contributed by atoms with Crippen LogP contribution in [0, 0.1) is 0 Å². The Morgan fingerprint density at radius 1 is 1.47 bits per heavy atom. The van der Waals surface area contributed by atoms with E-state index in [4.69, 9.17) is 16.3 Å². The topological polar surface area (TPSA) is 70.6 Å². The summed E-state index contributed by atoms with van der Waals surface area (Å²) >= 11 is 5.76. The molecule has 0 saturated carbocycles. The van der Waals surface area contributed by atoms with Gasteiger partial charge in [0.1, 0.15) is 12.4 Å². The number of benzene rings is 1. The molecule has 1 amide bonds. The van der Waals surface area contributed by atoms with E-state index in [-0.39, 0.29) is 11.9 Å². The molecule has 19 heavy (non-hydrogen) atoms. The average Bonchev–Trinajstić information content (AvgIpc) is 2.83. The molecule has 3 N–H and O–H groups in total. The minimum absolute atomic E-state index is 0.101. The molecule has 0 aromatic heterocycles. The SMILES string of the molecule is O=C(NCCOc1ccc(Cl)cc1)[C@@H]1C[C@@H](O)CN1. The standard InChI is InChI=1S/C13H17ClN2O3/c14-9-1-3-11(4-2-9)19-6-5-15-13(18)12-7-10(17)8-16-12/h1-4,10,12,16-17H,5-8H2,(H,15,18)/t10-,12+/m1/s1. The van der Waals surface area contributed by atoms with Crippen molar-refractivity contribution in [1.82, 2.24) is 10.6 Å². The average molecular weight is 285 g/mol. The van der Waals surface area contributed by atoms with Crippen molar-refractivity contribution in [2.45, 2.75) is 18.6 Å². The fourth-order valence-corrected chi connectivity index (χ4v) is 2.04. The molecular formula is C13H17ClN2O3. The number of carbonyl (C=O) groups is 1. The molecule has 104 valence electrons. The Bertz CT molecular complexity index is 424. The van der Waals surface area contributed by atoms with E-state index in [1.165, 1.54) is 0 Å². The summed E-state index contributed by atoms with van der Waals surface area (Å²) in [6.07, 6.45) is 0.0326. The van der Waals surface area contributed by atoms with E-state index in [0.29, 0.717) is 36.9 Å². The number of hydrogen-bond acceptors (Lipinski definition) is 4. The predicted octanol–water partition coefficient (Wildman–Crippen LogP) is 0.558. The minimum Gasteiger partial charge on any atom is -0.492 e. The summed E-state index contributed by atoms with van der Waals surface area (Å²) in [5.74, 6) is 0.615. The van der Waals surface area contributed by atoms with E-state index in [9.17, 15) is 9.90 Å².